The van der Waals surface area contributed by atoms with Gasteiger partial charge in [-0.25, -0.2) is 0 Å². The minimum Gasteiger partial charge on any atom is -0.453 e. The largest absolute Gasteiger partial charge is 0.453 e. The molecule has 7 nitrogen and oxygen atoms in total. The number of likely N-dealkylation sites (tertiary alicyclic amines) is 1. The Morgan fingerprint density at radius 3 is 2.96 bits per heavy atom. The molecule has 0 unspecified atom stereocenters. The molecule has 7 heteroatoms. The fraction of sp³-hybridized carbons (Fsp3) is 0.722. The molecule has 1 aliphatic heterocycles. The number of carbonyl (C=O) groups is 1. The van der Waals surface area contributed by atoms with Gasteiger partial charge in [0.15, 0.2) is 5.76 Å². The summed E-state index contributed by atoms with van der Waals surface area (Å²) in [6.07, 6.45) is 3.30. The molecular weight excluding hydrogens is 326 g/mol. The van der Waals surface area contributed by atoms with E-state index in [0.717, 1.165) is 19.3 Å². The third kappa shape index (κ3) is 3.60. The number of hydrogen-bond acceptors (Lipinski definition) is 6. The fourth-order valence-electron chi connectivity index (χ4n) is 4.13. The molecule has 0 aromatic carbocycles. The maximum absolute atomic E-state index is 13.0. The lowest BCUT2D eigenvalue weighted by atomic mass is 9.79. The third-order valence-corrected chi connectivity index (χ3v) is 5.41. The average Bonchev–Trinajstić information content (AvgIpc) is 3.24. The van der Waals surface area contributed by atoms with E-state index in [1.807, 2.05) is 4.90 Å². The zero-order valence-corrected chi connectivity index (χ0v) is 14.9. The molecule has 0 radical (unpaired) electrons. The molecule has 140 valence electrons. The van der Waals surface area contributed by atoms with Gasteiger partial charge in [0.05, 0.1) is 31.0 Å². The van der Waals surface area contributed by atoms with Crippen LogP contribution in [-0.4, -0.2) is 67.6 Å². The van der Waals surface area contributed by atoms with Gasteiger partial charge in [-0.3, -0.25) is 4.79 Å². The predicted octanol–water partition coefficient (Wildman–Crippen LogP) is 1.59. The van der Waals surface area contributed by atoms with Crippen LogP contribution in [0.3, 0.4) is 0 Å². The first-order valence-corrected chi connectivity index (χ1v) is 8.80. The maximum Gasteiger partial charge on any atom is 0.289 e. The maximum atomic E-state index is 13.0. The quantitative estimate of drug-likeness (QED) is 0.802. The topological polar surface area (TPSA) is 81.4 Å². The van der Waals surface area contributed by atoms with Gasteiger partial charge in [-0.1, -0.05) is 0 Å². The first-order valence-electron chi connectivity index (χ1n) is 8.80. The van der Waals surface area contributed by atoms with Crippen LogP contribution in [0.4, 0.5) is 0 Å². The van der Waals surface area contributed by atoms with Crippen molar-refractivity contribution in [2.24, 2.45) is 0 Å². The summed E-state index contributed by atoms with van der Waals surface area (Å²) in [4.78, 5) is 14.8. The van der Waals surface area contributed by atoms with Crippen molar-refractivity contribution in [1.82, 2.24) is 4.90 Å². The number of aliphatic hydroxyl groups excluding tert-OH is 1. The van der Waals surface area contributed by atoms with E-state index in [1.54, 1.807) is 26.4 Å². The molecule has 2 aliphatic rings. The van der Waals surface area contributed by atoms with Crippen LogP contribution >= 0.6 is 0 Å². The summed E-state index contributed by atoms with van der Waals surface area (Å²) in [5.41, 5.74) is -0.309. The van der Waals surface area contributed by atoms with Crippen molar-refractivity contribution >= 4 is 5.91 Å². The number of ether oxygens (including phenoxy) is 3. The van der Waals surface area contributed by atoms with Gasteiger partial charge in [-0.15, -0.1) is 0 Å². The van der Waals surface area contributed by atoms with Crippen molar-refractivity contribution in [2.75, 3.05) is 34.0 Å². The second-order valence-corrected chi connectivity index (χ2v) is 6.72. The highest BCUT2D eigenvalue weighted by molar-refractivity contribution is 5.92. The van der Waals surface area contributed by atoms with Gasteiger partial charge in [0.1, 0.15) is 12.4 Å². The van der Waals surface area contributed by atoms with Crippen LogP contribution in [0.2, 0.25) is 0 Å². The molecule has 0 spiro atoms. The highest BCUT2D eigenvalue weighted by Crippen LogP contribution is 2.43. The second-order valence-electron chi connectivity index (χ2n) is 6.72. The van der Waals surface area contributed by atoms with E-state index in [-0.39, 0.29) is 30.3 Å². The Balaban J connectivity index is 1.75. The van der Waals surface area contributed by atoms with Crippen molar-refractivity contribution < 1.29 is 28.5 Å². The Morgan fingerprint density at radius 2 is 2.24 bits per heavy atom. The predicted molar refractivity (Wildman–Crippen MR) is 89.3 cm³/mol. The molecule has 0 bridgehead atoms. The molecule has 2 fully saturated rings. The number of hydrogen-bond donors (Lipinski definition) is 1. The molecule has 1 aromatic rings. The van der Waals surface area contributed by atoms with Crippen LogP contribution in [0, 0.1) is 0 Å². The molecule has 1 amide bonds. The Kier molecular flexibility index (Phi) is 5.78. The third-order valence-electron chi connectivity index (χ3n) is 5.41. The minimum absolute atomic E-state index is 0.00784. The van der Waals surface area contributed by atoms with Crippen molar-refractivity contribution in [1.29, 1.82) is 0 Å². The monoisotopic (exact) mass is 353 g/mol. The van der Waals surface area contributed by atoms with E-state index in [4.69, 9.17) is 23.7 Å². The molecule has 1 aliphatic carbocycles. The zero-order valence-electron chi connectivity index (χ0n) is 14.9. The normalized spacial score (nSPS) is 29.0. The van der Waals surface area contributed by atoms with Gasteiger partial charge < -0.3 is 28.6 Å². The summed E-state index contributed by atoms with van der Waals surface area (Å²) in [7, 11) is 3.31. The summed E-state index contributed by atoms with van der Waals surface area (Å²) in [6, 6.07) is 3.43. The van der Waals surface area contributed by atoms with E-state index in [2.05, 4.69) is 0 Å². The van der Waals surface area contributed by atoms with Gasteiger partial charge >= 0.3 is 0 Å². The Hall–Kier alpha value is -1.41. The molecule has 1 N–H and O–H groups in total. The molecule has 1 aromatic heterocycles. The summed E-state index contributed by atoms with van der Waals surface area (Å²) in [5, 5.41) is 8.98. The molecule has 3 rings (SSSR count). The lowest BCUT2D eigenvalue weighted by molar-refractivity contribution is -0.0993. The Morgan fingerprint density at radius 1 is 1.40 bits per heavy atom. The van der Waals surface area contributed by atoms with Crippen molar-refractivity contribution in [3.8, 4) is 0 Å². The summed E-state index contributed by atoms with van der Waals surface area (Å²) < 4.78 is 22.2. The van der Waals surface area contributed by atoms with Crippen LogP contribution in [0.1, 0.15) is 42.0 Å². The number of methoxy groups -OCH3 is 2. The van der Waals surface area contributed by atoms with Gasteiger partial charge in [0, 0.05) is 20.8 Å². The highest BCUT2D eigenvalue weighted by Gasteiger charge is 2.53. The van der Waals surface area contributed by atoms with Crippen molar-refractivity contribution in [3.63, 3.8) is 0 Å². The van der Waals surface area contributed by atoms with E-state index in [0.29, 0.717) is 37.7 Å². The number of amides is 1. The second kappa shape index (κ2) is 7.86. The van der Waals surface area contributed by atoms with E-state index >= 15 is 0 Å². The molecule has 1 saturated heterocycles. The molecule has 25 heavy (non-hydrogen) atoms. The van der Waals surface area contributed by atoms with Crippen LogP contribution in [0.15, 0.2) is 16.5 Å². The number of aliphatic hydroxyl groups is 1. The number of furan rings is 1. The SMILES string of the molecule is COCc1ccc(C(=O)N2CC[C@]3(OC)CC[C@H](OCCO)C[C@H]23)o1. The number of carbonyl (C=O) groups excluding carboxylic acids is 1. The lowest BCUT2D eigenvalue weighted by Gasteiger charge is -2.43. The van der Waals surface area contributed by atoms with E-state index in [1.165, 1.54) is 0 Å². The smallest absolute Gasteiger partial charge is 0.289 e. The van der Waals surface area contributed by atoms with E-state index < -0.39 is 0 Å². The molecular formula is C18H27NO6. The Bertz CT molecular complexity index is 588. The fourth-order valence-corrected chi connectivity index (χ4v) is 4.13. The van der Waals surface area contributed by atoms with Gasteiger partial charge in [-0.05, 0) is 37.8 Å². The first kappa shape index (κ1) is 18.4. The minimum atomic E-state index is -0.309. The highest BCUT2D eigenvalue weighted by atomic mass is 16.5. The Labute approximate surface area is 147 Å². The van der Waals surface area contributed by atoms with Gasteiger partial charge in [-0.2, -0.15) is 0 Å². The molecule has 1 saturated carbocycles. The van der Waals surface area contributed by atoms with Gasteiger partial charge in [0.25, 0.3) is 5.91 Å². The summed E-state index contributed by atoms with van der Waals surface area (Å²) >= 11 is 0. The van der Waals surface area contributed by atoms with Crippen LogP contribution in [0.5, 0.6) is 0 Å². The van der Waals surface area contributed by atoms with Crippen LogP contribution in [0.25, 0.3) is 0 Å². The van der Waals surface area contributed by atoms with Crippen LogP contribution in [-0.2, 0) is 20.8 Å². The summed E-state index contributed by atoms with van der Waals surface area (Å²) in [5.74, 6) is 0.849. The van der Waals surface area contributed by atoms with Crippen LogP contribution < -0.4 is 0 Å². The average molecular weight is 353 g/mol. The molecule has 3 atom stereocenters. The van der Waals surface area contributed by atoms with Crippen molar-refractivity contribution in [2.45, 2.75) is 50.0 Å². The summed E-state index contributed by atoms with van der Waals surface area (Å²) in [6.45, 7) is 1.32. The van der Waals surface area contributed by atoms with Crippen molar-refractivity contribution in [3.05, 3.63) is 23.7 Å². The van der Waals surface area contributed by atoms with Gasteiger partial charge in [0.2, 0.25) is 0 Å². The number of rotatable bonds is 7. The standard InChI is InChI=1S/C18H27NO6/c1-22-12-14-3-4-15(25-14)17(21)19-8-7-18(23-2)6-5-13(11-16(18)19)24-10-9-20/h3-4,13,16,20H,5-12H2,1-2H3/t13-,16-,18+/m0/s1. The zero-order chi connectivity index (χ0) is 17.9. The molecule has 2 heterocycles. The number of nitrogens with zero attached hydrogens (tertiary/aromatic N) is 1. The van der Waals surface area contributed by atoms with E-state index in [9.17, 15) is 4.79 Å². The lowest BCUT2D eigenvalue weighted by Crippen LogP contribution is -2.53. The number of fused-ring (bicyclic) bond motifs is 1. The first-order chi connectivity index (χ1) is 12.1.